The Morgan fingerprint density at radius 2 is 2.00 bits per heavy atom. The van der Waals surface area contributed by atoms with Gasteiger partial charge < -0.3 is 0 Å². The molecule has 112 valence electrons. The molecule has 1 saturated carbocycles. The first kappa shape index (κ1) is 16.5. The number of hydrogen-bond donors (Lipinski definition) is 1. The normalized spacial score (nSPS) is 22.7. The number of benzene rings is 1. The van der Waals surface area contributed by atoms with Crippen LogP contribution >= 0.6 is 31.9 Å². The van der Waals surface area contributed by atoms with Gasteiger partial charge in [-0.1, -0.05) is 36.2 Å². The molecule has 3 nitrogen and oxygen atoms in total. The predicted molar refractivity (Wildman–Crippen MR) is 88.2 cm³/mol. The third kappa shape index (κ3) is 4.06. The summed E-state index contributed by atoms with van der Waals surface area (Å²) in [7, 11) is -3.48. The van der Waals surface area contributed by atoms with E-state index in [0.29, 0.717) is 9.37 Å². The molecule has 0 saturated heterocycles. The molecule has 1 atom stereocenters. The first-order chi connectivity index (χ1) is 9.20. The van der Waals surface area contributed by atoms with Crippen LogP contribution in [0.3, 0.4) is 0 Å². The van der Waals surface area contributed by atoms with Gasteiger partial charge in [-0.25, -0.2) is 13.1 Å². The highest BCUT2D eigenvalue weighted by Gasteiger charge is 2.31. The van der Waals surface area contributed by atoms with Gasteiger partial charge in [-0.3, -0.25) is 0 Å². The molecule has 1 fully saturated rings. The molecule has 20 heavy (non-hydrogen) atoms. The minimum absolute atomic E-state index is 0.0271. The van der Waals surface area contributed by atoms with Crippen molar-refractivity contribution >= 4 is 41.9 Å². The van der Waals surface area contributed by atoms with Crippen LogP contribution < -0.4 is 4.72 Å². The molecule has 1 aliphatic carbocycles. The molecule has 1 aromatic carbocycles. The van der Waals surface area contributed by atoms with Crippen molar-refractivity contribution in [3.63, 3.8) is 0 Å². The second kappa shape index (κ2) is 6.07. The average molecular weight is 425 g/mol. The van der Waals surface area contributed by atoms with E-state index in [1.807, 2.05) is 0 Å². The maximum Gasteiger partial charge on any atom is 0.241 e. The second-order valence-corrected chi connectivity index (χ2v) is 9.61. The van der Waals surface area contributed by atoms with E-state index in [0.717, 1.165) is 30.2 Å². The van der Waals surface area contributed by atoms with Crippen LogP contribution in [0.25, 0.3) is 0 Å². The van der Waals surface area contributed by atoms with Gasteiger partial charge in [0.1, 0.15) is 0 Å². The Morgan fingerprint density at radius 1 is 1.30 bits per heavy atom. The summed E-state index contributed by atoms with van der Waals surface area (Å²) >= 11 is 6.65. The summed E-state index contributed by atoms with van der Waals surface area (Å²) in [6, 6.07) is 5.13. The summed E-state index contributed by atoms with van der Waals surface area (Å²) in [5.41, 5.74) is 0.211. The maximum absolute atomic E-state index is 12.5. The van der Waals surface area contributed by atoms with Crippen LogP contribution in [0.2, 0.25) is 0 Å². The number of sulfonamides is 1. The summed E-state index contributed by atoms with van der Waals surface area (Å²) in [6.45, 7) is 4.39. The Hall–Kier alpha value is 0.0900. The molecule has 0 bridgehead atoms. The summed E-state index contributed by atoms with van der Waals surface area (Å²) in [5, 5.41) is 0. The molecule has 1 N–H and O–H groups in total. The summed E-state index contributed by atoms with van der Waals surface area (Å²) in [4.78, 5) is 0.295. The predicted octanol–water partition coefficient (Wildman–Crippen LogP) is 4.46. The van der Waals surface area contributed by atoms with Crippen LogP contribution in [0, 0.1) is 5.41 Å². The van der Waals surface area contributed by atoms with Gasteiger partial charge in [0.2, 0.25) is 10.0 Å². The lowest BCUT2D eigenvalue weighted by atomic mass is 9.75. The lowest BCUT2D eigenvalue weighted by molar-refractivity contribution is 0.212. The summed E-state index contributed by atoms with van der Waals surface area (Å²) < 4.78 is 29.3. The van der Waals surface area contributed by atoms with E-state index < -0.39 is 10.0 Å². The summed E-state index contributed by atoms with van der Waals surface area (Å²) in [5.74, 6) is 0. The van der Waals surface area contributed by atoms with Gasteiger partial charge in [-0.05, 0) is 58.8 Å². The van der Waals surface area contributed by atoms with Gasteiger partial charge in [0.15, 0.2) is 0 Å². The summed E-state index contributed by atoms with van der Waals surface area (Å²) in [6.07, 6.45) is 4.03. The third-order valence-corrected chi connectivity index (χ3v) is 6.70. The lowest BCUT2D eigenvalue weighted by Gasteiger charge is -2.35. The first-order valence-corrected chi connectivity index (χ1v) is 9.74. The van der Waals surface area contributed by atoms with E-state index in [1.54, 1.807) is 18.2 Å². The highest BCUT2D eigenvalue weighted by molar-refractivity contribution is 9.11. The highest BCUT2D eigenvalue weighted by Crippen LogP contribution is 2.36. The fraction of sp³-hybridized carbons (Fsp3) is 0.571. The quantitative estimate of drug-likeness (QED) is 0.778. The smallest absolute Gasteiger partial charge is 0.208 e. The lowest BCUT2D eigenvalue weighted by Crippen LogP contribution is -2.40. The van der Waals surface area contributed by atoms with Crippen molar-refractivity contribution in [2.45, 2.75) is 50.5 Å². The van der Waals surface area contributed by atoms with Crippen LogP contribution in [0.5, 0.6) is 0 Å². The van der Waals surface area contributed by atoms with Gasteiger partial charge >= 0.3 is 0 Å². The van der Waals surface area contributed by atoms with Crippen LogP contribution in [0.1, 0.15) is 39.5 Å². The Balaban J connectivity index is 2.19. The van der Waals surface area contributed by atoms with E-state index in [9.17, 15) is 8.42 Å². The Morgan fingerprint density at radius 3 is 2.60 bits per heavy atom. The molecule has 0 heterocycles. The topological polar surface area (TPSA) is 46.2 Å². The SMILES string of the molecule is CC1(C)CCCC(NS(=O)(=O)c2ccc(Br)cc2Br)C1. The molecule has 0 aromatic heterocycles. The van der Waals surface area contributed by atoms with Crippen LogP contribution in [0.4, 0.5) is 0 Å². The van der Waals surface area contributed by atoms with E-state index in [-0.39, 0.29) is 11.5 Å². The molecule has 0 amide bonds. The minimum atomic E-state index is -3.48. The molecule has 0 spiro atoms. The molecule has 1 unspecified atom stereocenters. The number of hydrogen-bond acceptors (Lipinski definition) is 2. The number of rotatable bonds is 3. The Labute approximate surface area is 137 Å². The number of nitrogens with one attached hydrogen (secondary N) is 1. The van der Waals surface area contributed by atoms with Crippen LogP contribution in [0.15, 0.2) is 32.0 Å². The standard InChI is InChI=1S/C14H19Br2NO2S/c1-14(2)7-3-4-11(9-14)17-20(18,19)13-6-5-10(15)8-12(13)16/h5-6,8,11,17H,3-4,7,9H2,1-2H3. The zero-order valence-electron chi connectivity index (χ0n) is 11.6. The fourth-order valence-corrected chi connectivity index (χ4v) is 5.79. The molecule has 0 aliphatic heterocycles. The Bertz CT molecular complexity index is 599. The van der Waals surface area contributed by atoms with Crippen molar-refractivity contribution < 1.29 is 8.42 Å². The van der Waals surface area contributed by atoms with Gasteiger partial charge in [0, 0.05) is 15.0 Å². The van der Waals surface area contributed by atoms with Gasteiger partial charge in [0.05, 0.1) is 4.90 Å². The van der Waals surface area contributed by atoms with E-state index in [2.05, 4.69) is 50.4 Å². The zero-order chi connectivity index (χ0) is 15.0. The van der Waals surface area contributed by atoms with Gasteiger partial charge in [0.25, 0.3) is 0 Å². The minimum Gasteiger partial charge on any atom is -0.208 e. The monoisotopic (exact) mass is 423 g/mol. The fourth-order valence-electron chi connectivity index (χ4n) is 2.77. The molecule has 0 radical (unpaired) electrons. The largest absolute Gasteiger partial charge is 0.241 e. The van der Waals surface area contributed by atoms with Crippen molar-refractivity contribution in [2.75, 3.05) is 0 Å². The zero-order valence-corrected chi connectivity index (χ0v) is 15.6. The van der Waals surface area contributed by atoms with E-state index in [1.165, 1.54) is 0 Å². The van der Waals surface area contributed by atoms with E-state index >= 15 is 0 Å². The Kier molecular flexibility index (Phi) is 4.99. The number of halogens is 2. The van der Waals surface area contributed by atoms with Crippen molar-refractivity contribution in [3.05, 3.63) is 27.1 Å². The molecule has 1 aromatic rings. The van der Waals surface area contributed by atoms with Gasteiger partial charge in [-0.15, -0.1) is 0 Å². The first-order valence-electron chi connectivity index (χ1n) is 6.67. The average Bonchev–Trinajstić information content (AvgIpc) is 2.25. The van der Waals surface area contributed by atoms with E-state index in [4.69, 9.17) is 0 Å². The molecular weight excluding hydrogens is 406 g/mol. The van der Waals surface area contributed by atoms with Crippen molar-refractivity contribution in [3.8, 4) is 0 Å². The molecule has 2 rings (SSSR count). The van der Waals surface area contributed by atoms with Crippen LogP contribution in [-0.4, -0.2) is 14.5 Å². The molecular formula is C14H19Br2NO2S. The van der Waals surface area contributed by atoms with Crippen LogP contribution in [-0.2, 0) is 10.0 Å². The van der Waals surface area contributed by atoms with Crippen molar-refractivity contribution in [2.24, 2.45) is 5.41 Å². The van der Waals surface area contributed by atoms with Crippen molar-refractivity contribution in [1.29, 1.82) is 0 Å². The second-order valence-electron chi connectivity index (χ2n) is 6.15. The highest BCUT2D eigenvalue weighted by atomic mass is 79.9. The van der Waals surface area contributed by atoms with Crippen molar-refractivity contribution in [1.82, 2.24) is 4.72 Å². The maximum atomic E-state index is 12.5. The molecule has 6 heteroatoms. The molecule has 1 aliphatic rings. The third-order valence-electron chi connectivity index (χ3n) is 3.71. The van der Waals surface area contributed by atoms with Gasteiger partial charge in [-0.2, -0.15) is 0 Å².